The summed E-state index contributed by atoms with van der Waals surface area (Å²) in [6.07, 6.45) is 3.07. The number of thiazole rings is 1. The Hall–Kier alpha value is -2.18. The zero-order chi connectivity index (χ0) is 14.7. The van der Waals surface area contributed by atoms with E-state index in [1.807, 2.05) is 41.9 Å². The number of hydrogen-bond acceptors (Lipinski definition) is 5. The third-order valence-corrected chi connectivity index (χ3v) is 4.32. The van der Waals surface area contributed by atoms with Gasteiger partial charge in [0.1, 0.15) is 11.5 Å². The molecule has 0 unspecified atom stereocenters. The van der Waals surface area contributed by atoms with Gasteiger partial charge in [0.25, 0.3) is 0 Å². The zero-order valence-electron chi connectivity index (χ0n) is 11.2. The highest BCUT2D eigenvalue weighted by Gasteiger charge is 2.07. The number of carbonyl (C=O) groups is 1. The summed E-state index contributed by atoms with van der Waals surface area (Å²) >= 11 is 3.03. The largest absolute Gasteiger partial charge is 0.462 e. The van der Waals surface area contributed by atoms with Crippen LogP contribution in [0.1, 0.15) is 11.5 Å². The van der Waals surface area contributed by atoms with E-state index in [4.69, 9.17) is 4.42 Å². The molecule has 3 aromatic heterocycles. The number of amides is 1. The van der Waals surface area contributed by atoms with Crippen LogP contribution in [-0.4, -0.2) is 10.9 Å². The van der Waals surface area contributed by atoms with Gasteiger partial charge in [-0.1, -0.05) is 6.07 Å². The third-order valence-electron chi connectivity index (χ3n) is 2.67. The molecule has 0 fully saturated rings. The lowest BCUT2D eigenvalue weighted by molar-refractivity contribution is -0.111. The Morgan fingerprint density at radius 3 is 2.95 bits per heavy atom. The summed E-state index contributed by atoms with van der Waals surface area (Å²) in [5, 5.41) is 7.27. The van der Waals surface area contributed by atoms with Gasteiger partial charge in [-0.25, -0.2) is 4.98 Å². The molecular weight excluding hydrogens is 304 g/mol. The molecule has 21 heavy (non-hydrogen) atoms. The van der Waals surface area contributed by atoms with Crippen molar-refractivity contribution in [3.05, 3.63) is 52.6 Å². The summed E-state index contributed by atoms with van der Waals surface area (Å²) in [6, 6.07) is 7.65. The van der Waals surface area contributed by atoms with E-state index in [1.165, 1.54) is 17.4 Å². The van der Waals surface area contributed by atoms with Gasteiger partial charge in [0, 0.05) is 11.5 Å². The van der Waals surface area contributed by atoms with Crippen LogP contribution in [-0.2, 0) is 4.79 Å². The summed E-state index contributed by atoms with van der Waals surface area (Å²) in [4.78, 5) is 17.3. The van der Waals surface area contributed by atoms with E-state index < -0.39 is 0 Å². The van der Waals surface area contributed by atoms with Crippen molar-refractivity contribution in [2.45, 2.75) is 6.92 Å². The fourth-order valence-corrected chi connectivity index (χ4v) is 3.19. The molecule has 0 aromatic carbocycles. The van der Waals surface area contributed by atoms with Crippen LogP contribution in [0.2, 0.25) is 0 Å². The summed E-state index contributed by atoms with van der Waals surface area (Å²) in [5.74, 6) is 1.24. The number of nitrogens with one attached hydrogen (secondary N) is 1. The van der Waals surface area contributed by atoms with Gasteiger partial charge in [-0.2, -0.15) is 0 Å². The van der Waals surface area contributed by atoms with Gasteiger partial charge in [-0.3, -0.25) is 10.1 Å². The fraction of sp³-hybridized carbons (Fsp3) is 0.0667. The van der Waals surface area contributed by atoms with Crippen molar-refractivity contribution in [3.63, 3.8) is 0 Å². The summed E-state index contributed by atoms with van der Waals surface area (Å²) in [7, 11) is 0. The van der Waals surface area contributed by atoms with Crippen LogP contribution in [0.5, 0.6) is 0 Å². The molecule has 1 N–H and O–H groups in total. The van der Waals surface area contributed by atoms with E-state index in [1.54, 1.807) is 17.4 Å². The zero-order valence-corrected chi connectivity index (χ0v) is 12.8. The van der Waals surface area contributed by atoms with Crippen LogP contribution < -0.4 is 5.32 Å². The Balaban J connectivity index is 1.64. The molecule has 3 heterocycles. The lowest BCUT2D eigenvalue weighted by Gasteiger charge is -1.95. The van der Waals surface area contributed by atoms with E-state index in [2.05, 4.69) is 10.3 Å². The summed E-state index contributed by atoms with van der Waals surface area (Å²) in [5.41, 5.74) is 0.885. The predicted molar refractivity (Wildman–Crippen MR) is 86.5 cm³/mol. The number of aromatic nitrogens is 1. The van der Waals surface area contributed by atoms with Crippen LogP contribution in [0.4, 0.5) is 5.13 Å². The minimum absolute atomic E-state index is 0.226. The van der Waals surface area contributed by atoms with Crippen molar-refractivity contribution in [2.24, 2.45) is 0 Å². The van der Waals surface area contributed by atoms with Gasteiger partial charge >= 0.3 is 0 Å². The van der Waals surface area contributed by atoms with Gasteiger partial charge in [-0.15, -0.1) is 22.7 Å². The van der Waals surface area contributed by atoms with Crippen LogP contribution in [0.25, 0.3) is 16.6 Å². The van der Waals surface area contributed by atoms with Crippen LogP contribution in [0, 0.1) is 6.92 Å². The maximum atomic E-state index is 11.8. The lowest BCUT2D eigenvalue weighted by atomic mass is 10.4. The monoisotopic (exact) mass is 316 g/mol. The molecule has 0 radical (unpaired) electrons. The SMILES string of the molecule is Cc1ccc(/C=C/C(=O)Nc2nc(-c3cccs3)cs2)o1. The van der Waals surface area contributed by atoms with E-state index in [9.17, 15) is 4.79 Å². The van der Waals surface area contributed by atoms with E-state index in [-0.39, 0.29) is 5.91 Å². The standard InChI is InChI=1S/C15H12N2O2S2/c1-10-4-5-11(19-10)6-7-14(18)17-15-16-12(9-21-15)13-3-2-8-20-13/h2-9H,1H3,(H,16,17,18)/b7-6+. The molecule has 3 aromatic rings. The van der Waals surface area contributed by atoms with Gasteiger partial charge in [0.2, 0.25) is 5.91 Å². The highest BCUT2D eigenvalue weighted by molar-refractivity contribution is 7.16. The van der Waals surface area contributed by atoms with Gasteiger partial charge in [0.05, 0.1) is 10.6 Å². The minimum atomic E-state index is -0.226. The van der Waals surface area contributed by atoms with E-state index in [0.717, 1.165) is 16.3 Å². The second kappa shape index (κ2) is 6.07. The molecule has 0 aliphatic rings. The quantitative estimate of drug-likeness (QED) is 0.725. The molecule has 0 aliphatic heterocycles. The van der Waals surface area contributed by atoms with Crippen molar-refractivity contribution in [3.8, 4) is 10.6 Å². The first-order valence-electron chi connectivity index (χ1n) is 6.25. The molecule has 4 nitrogen and oxygen atoms in total. The smallest absolute Gasteiger partial charge is 0.250 e. The second-order valence-corrected chi connectivity index (χ2v) is 6.09. The number of rotatable bonds is 4. The normalized spacial score (nSPS) is 11.1. The van der Waals surface area contributed by atoms with Gasteiger partial charge in [0.15, 0.2) is 5.13 Å². The number of thiophene rings is 1. The first-order valence-corrected chi connectivity index (χ1v) is 8.01. The molecule has 0 aliphatic carbocycles. The summed E-state index contributed by atoms with van der Waals surface area (Å²) < 4.78 is 5.36. The van der Waals surface area contributed by atoms with Crippen molar-refractivity contribution >= 4 is 39.8 Å². The maximum Gasteiger partial charge on any atom is 0.250 e. The number of hydrogen-bond donors (Lipinski definition) is 1. The minimum Gasteiger partial charge on any atom is -0.462 e. The van der Waals surface area contributed by atoms with Crippen LogP contribution in [0.3, 0.4) is 0 Å². The van der Waals surface area contributed by atoms with Crippen molar-refractivity contribution < 1.29 is 9.21 Å². The van der Waals surface area contributed by atoms with Gasteiger partial charge in [-0.05, 0) is 36.6 Å². The third kappa shape index (κ3) is 3.48. The van der Waals surface area contributed by atoms with Crippen molar-refractivity contribution in [2.75, 3.05) is 5.32 Å². The molecule has 0 bridgehead atoms. The Bertz CT molecular complexity index is 769. The highest BCUT2D eigenvalue weighted by Crippen LogP contribution is 2.28. The predicted octanol–water partition coefficient (Wildman–Crippen LogP) is 4.42. The maximum absolute atomic E-state index is 11.8. The van der Waals surface area contributed by atoms with Crippen molar-refractivity contribution in [1.29, 1.82) is 0 Å². The molecule has 106 valence electrons. The van der Waals surface area contributed by atoms with E-state index in [0.29, 0.717) is 10.9 Å². The number of anilines is 1. The topological polar surface area (TPSA) is 55.1 Å². The molecule has 0 saturated carbocycles. The van der Waals surface area contributed by atoms with Gasteiger partial charge < -0.3 is 4.42 Å². The number of carbonyl (C=O) groups excluding carboxylic acids is 1. The summed E-state index contributed by atoms with van der Waals surface area (Å²) in [6.45, 7) is 1.86. The average Bonchev–Trinajstić information content (AvgIpc) is 3.16. The first-order chi connectivity index (χ1) is 10.2. The number of aryl methyl sites for hydroxylation is 1. The Morgan fingerprint density at radius 2 is 2.24 bits per heavy atom. The second-order valence-electron chi connectivity index (χ2n) is 4.29. The molecular formula is C15H12N2O2S2. The Morgan fingerprint density at radius 1 is 1.33 bits per heavy atom. The molecule has 0 atom stereocenters. The number of furan rings is 1. The fourth-order valence-electron chi connectivity index (χ4n) is 1.72. The molecule has 0 spiro atoms. The molecule has 0 saturated heterocycles. The molecule has 6 heteroatoms. The average molecular weight is 316 g/mol. The Kier molecular flexibility index (Phi) is 3.98. The first kappa shape index (κ1) is 13.8. The highest BCUT2D eigenvalue weighted by atomic mass is 32.1. The van der Waals surface area contributed by atoms with Crippen molar-refractivity contribution in [1.82, 2.24) is 4.98 Å². The Labute approximate surface area is 129 Å². The number of nitrogens with zero attached hydrogens (tertiary/aromatic N) is 1. The lowest BCUT2D eigenvalue weighted by Crippen LogP contribution is -2.07. The molecule has 1 amide bonds. The van der Waals surface area contributed by atoms with E-state index >= 15 is 0 Å². The van der Waals surface area contributed by atoms with Crippen LogP contribution >= 0.6 is 22.7 Å². The van der Waals surface area contributed by atoms with Crippen LogP contribution in [0.15, 0.2) is 45.5 Å². The molecule has 3 rings (SSSR count).